The average molecular weight is 294 g/mol. The van der Waals surface area contributed by atoms with Gasteiger partial charge in [-0.1, -0.05) is 42.0 Å². The van der Waals surface area contributed by atoms with Crippen molar-refractivity contribution in [2.24, 2.45) is 0 Å². The summed E-state index contributed by atoms with van der Waals surface area (Å²) in [6.07, 6.45) is -4.63. The number of benzene rings is 2. The van der Waals surface area contributed by atoms with Crippen LogP contribution in [0, 0.1) is 6.92 Å². The molecule has 21 heavy (non-hydrogen) atoms. The fraction of sp³-hybridized carbons (Fsp3) is 0.188. The third-order valence-electron chi connectivity index (χ3n) is 2.87. The molecular formula is C16H13F3O2. The van der Waals surface area contributed by atoms with Crippen molar-refractivity contribution in [2.45, 2.75) is 19.7 Å². The maximum atomic E-state index is 12.2. The SMILES string of the molecule is Cc1ccc(CC(=O)c2cccc(OC(F)(F)F)c2)cc1. The van der Waals surface area contributed by atoms with Crippen LogP contribution in [0.1, 0.15) is 21.5 Å². The summed E-state index contributed by atoms with van der Waals surface area (Å²) < 4.78 is 40.3. The molecule has 2 aromatic carbocycles. The Kier molecular flexibility index (Phi) is 4.31. The van der Waals surface area contributed by atoms with E-state index in [0.717, 1.165) is 23.3 Å². The lowest BCUT2D eigenvalue weighted by atomic mass is 10.0. The summed E-state index contributed by atoms with van der Waals surface area (Å²) in [4.78, 5) is 12.1. The summed E-state index contributed by atoms with van der Waals surface area (Å²) in [6.45, 7) is 1.93. The van der Waals surface area contributed by atoms with Crippen LogP contribution in [0.15, 0.2) is 48.5 Å². The summed E-state index contributed by atoms with van der Waals surface area (Å²) in [5.74, 6) is -0.649. The van der Waals surface area contributed by atoms with Gasteiger partial charge in [-0.05, 0) is 24.6 Å². The fourth-order valence-electron chi connectivity index (χ4n) is 1.86. The van der Waals surface area contributed by atoms with E-state index >= 15 is 0 Å². The quantitative estimate of drug-likeness (QED) is 0.785. The molecule has 0 saturated carbocycles. The molecule has 2 aromatic rings. The molecule has 0 bridgehead atoms. The van der Waals surface area contributed by atoms with Gasteiger partial charge in [-0.25, -0.2) is 0 Å². The van der Waals surface area contributed by atoms with E-state index in [1.165, 1.54) is 12.1 Å². The lowest BCUT2D eigenvalue weighted by Gasteiger charge is -2.09. The van der Waals surface area contributed by atoms with Gasteiger partial charge in [0.25, 0.3) is 0 Å². The number of alkyl halides is 3. The van der Waals surface area contributed by atoms with Crippen molar-refractivity contribution in [2.75, 3.05) is 0 Å². The summed E-state index contributed by atoms with van der Waals surface area (Å²) in [5.41, 5.74) is 2.08. The topological polar surface area (TPSA) is 26.3 Å². The van der Waals surface area contributed by atoms with E-state index in [1.54, 1.807) is 0 Å². The maximum absolute atomic E-state index is 12.2. The van der Waals surface area contributed by atoms with Crippen molar-refractivity contribution in [3.05, 3.63) is 65.2 Å². The van der Waals surface area contributed by atoms with Gasteiger partial charge in [0.2, 0.25) is 0 Å². The van der Waals surface area contributed by atoms with Gasteiger partial charge in [-0.15, -0.1) is 13.2 Å². The molecule has 2 nitrogen and oxygen atoms in total. The monoisotopic (exact) mass is 294 g/mol. The number of carbonyl (C=O) groups is 1. The van der Waals surface area contributed by atoms with Gasteiger partial charge >= 0.3 is 6.36 Å². The molecule has 0 aromatic heterocycles. The second-order valence-corrected chi connectivity index (χ2v) is 4.66. The first kappa shape index (κ1) is 15.1. The van der Waals surface area contributed by atoms with E-state index in [1.807, 2.05) is 31.2 Å². The molecule has 0 unspecified atom stereocenters. The van der Waals surface area contributed by atoms with Crippen LogP contribution in [0.5, 0.6) is 5.75 Å². The molecule has 0 aliphatic heterocycles. The van der Waals surface area contributed by atoms with Crippen LogP contribution in [-0.4, -0.2) is 12.1 Å². The average Bonchev–Trinajstić information content (AvgIpc) is 2.40. The predicted octanol–water partition coefficient (Wildman–Crippen LogP) is 4.32. The first-order valence-corrected chi connectivity index (χ1v) is 6.28. The molecule has 0 aliphatic carbocycles. The molecule has 110 valence electrons. The van der Waals surface area contributed by atoms with Crippen molar-refractivity contribution in [1.29, 1.82) is 0 Å². The Morgan fingerprint density at radius 1 is 1.10 bits per heavy atom. The molecule has 0 radical (unpaired) electrons. The van der Waals surface area contributed by atoms with E-state index in [0.29, 0.717) is 0 Å². The van der Waals surface area contributed by atoms with Gasteiger partial charge in [0.1, 0.15) is 5.75 Å². The number of hydrogen-bond donors (Lipinski definition) is 0. The Hall–Kier alpha value is -2.30. The van der Waals surface area contributed by atoms with Crippen LogP contribution in [-0.2, 0) is 6.42 Å². The third kappa shape index (κ3) is 4.63. The molecule has 0 N–H and O–H groups in total. The standard InChI is InChI=1S/C16H13F3O2/c1-11-5-7-12(8-6-11)9-15(20)13-3-2-4-14(10-13)21-16(17,18)19/h2-8,10H,9H2,1H3. The molecule has 0 aliphatic rings. The molecule has 0 heterocycles. The van der Waals surface area contributed by atoms with Gasteiger partial charge < -0.3 is 4.74 Å². The fourth-order valence-corrected chi connectivity index (χ4v) is 1.86. The number of carbonyl (C=O) groups excluding carboxylic acids is 1. The number of halogens is 3. The molecule has 0 spiro atoms. The lowest BCUT2D eigenvalue weighted by molar-refractivity contribution is -0.274. The number of ether oxygens (including phenoxy) is 1. The molecule has 0 amide bonds. The minimum Gasteiger partial charge on any atom is -0.406 e. The highest BCUT2D eigenvalue weighted by atomic mass is 19.4. The number of aryl methyl sites for hydroxylation is 1. The normalized spacial score (nSPS) is 11.2. The van der Waals surface area contributed by atoms with Crippen LogP contribution in [0.2, 0.25) is 0 Å². The van der Waals surface area contributed by atoms with Crippen molar-refractivity contribution in [1.82, 2.24) is 0 Å². The van der Waals surface area contributed by atoms with Gasteiger partial charge in [0.15, 0.2) is 5.78 Å². The zero-order valence-electron chi connectivity index (χ0n) is 11.3. The largest absolute Gasteiger partial charge is 0.573 e. The molecule has 5 heteroatoms. The highest BCUT2D eigenvalue weighted by Crippen LogP contribution is 2.23. The van der Waals surface area contributed by atoms with Gasteiger partial charge in [0, 0.05) is 12.0 Å². The Balaban J connectivity index is 2.12. The van der Waals surface area contributed by atoms with Crippen LogP contribution in [0.25, 0.3) is 0 Å². The predicted molar refractivity (Wildman–Crippen MR) is 72.3 cm³/mol. The highest BCUT2D eigenvalue weighted by molar-refractivity contribution is 5.97. The van der Waals surface area contributed by atoms with Crippen LogP contribution >= 0.6 is 0 Å². The Morgan fingerprint density at radius 3 is 2.38 bits per heavy atom. The zero-order valence-corrected chi connectivity index (χ0v) is 11.3. The summed E-state index contributed by atoms with van der Waals surface area (Å²) >= 11 is 0. The van der Waals surface area contributed by atoms with E-state index in [-0.39, 0.29) is 17.8 Å². The minimum atomic E-state index is -4.77. The van der Waals surface area contributed by atoms with Gasteiger partial charge in [-0.3, -0.25) is 4.79 Å². The summed E-state index contributed by atoms with van der Waals surface area (Å²) in [7, 11) is 0. The molecule has 2 rings (SSSR count). The third-order valence-corrected chi connectivity index (χ3v) is 2.87. The second-order valence-electron chi connectivity index (χ2n) is 4.66. The van der Waals surface area contributed by atoms with E-state index < -0.39 is 12.1 Å². The van der Waals surface area contributed by atoms with E-state index in [9.17, 15) is 18.0 Å². The van der Waals surface area contributed by atoms with E-state index in [2.05, 4.69) is 4.74 Å². The molecular weight excluding hydrogens is 281 g/mol. The molecule has 0 saturated heterocycles. The first-order chi connectivity index (χ1) is 9.83. The van der Waals surface area contributed by atoms with Crippen molar-refractivity contribution in [3.63, 3.8) is 0 Å². The number of rotatable bonds is 4. The zero-order chi connectivity index (χ0) is 15.5. The maximum Gasteiger partial charge on any atom is 0.573 e. The number of Topliss-reactive ketones (excluding diaryl/α,β-unsaturated/α-hetero) is 1. The van der Waals surface area contributed by atoms with Crippen LogP contribution in [0.3, 0.4) is 0 Å². The van der Waals surface area contributed by atoms with E-state index in [4.69, 9.17) is 0 Å². The van der Waals surface area contributed by atoms with Crippen molar-refractivity contribution >= 4 is 5.78 Å². The molecule has 0 fully saturated rings. The van der Waals surface area contributed by atoms with Crippen molar-refractivity contribution in [3.8, 4) is 5.75 Å². The summed E-state index contributed by atoms with van der Waals surface area (Å²) in [5, 5.41) is 0. The van der Waals surface area contributed by atoms with Crippen molar-refractivity contribution < 1.29 is 22.7 Å². The van der Waals surface area contributed by atoms with Gasteiger partial charge in [-0.2, -0.15) is 0 Å². The smallest absolute Gasteiger partial charge is 0.406 e. The first-order valence-electron chi connectivity index (χ1n) is 6.28. The summed E-state index contributed by atoms with van der Waals surface area (Å²) in [6, 6.07) is 12.5. The number of ketones is 1. The Bertz CT molecular complexity index is 631. The second kappa shape index (κ2) is 5.99. The minimum absolute atomic E-state index is 0.135. The van der Waals surface area contributed by atoms with Crippen LogP contribution < -0.4 is 4.74 Å². The highest BCUT2D eigenvalue weighted by Gasteiger charge is 2.31. The molecule has 0 atom stereocenters. The Morgan fingerprint density at radius 2 is 1.76 bits per heavy atom. The van der Waals surface area contributed by atoms with Gasteiger partial charge in [0.05, 0.1) is 0 Å². The van der Waals surface area contributed by atoms with Crippen LogP contribution in [0.4, 0.5) is 13.2 Å². The number of hydrogen-bond acceptors (Lipinski definition) is 2. The Labute approximate surface area is 120 Å². The lowest BCUT2D eigenvalue weighted by Crippen LogP contribution is -2.17.